The van der Waals surface area contributed by atoms with Crippen molar-refractivity contribution in [3.8, 4) is 5.75 Å². The lowest BCUT2D eigenvalue weighted by Crippen LogP contribution is -2.27. The van der Waals surface area contributed by atoms with Gasteiger partial charge in [-0.05, 0) is 57.0 Å². The number of carbonyl (C=O) groups is 2. The summed E-state index contributed by atoms with van der Waals surface area (Å²) in [6.45, 7) is 7.01. The molecule has 0 radical (unpaired) electrons. The predicted octanol–water partition coefficient (Wildman–Crippen LogP) is 4.31. The second-order valence-corrected chi connectivity index (χ2v) is 6.82. The number of esters is 1. The van der Waals surface area contributed by atoms with Gasteiger partial charge in [-0.15, -0.1) is 0 Å². The number of phenols is 1. The van der Waals surface area contributed by atoms with E-state index in [1.807, 2.05) is 25.1 Å². The molecule has 0 aliphatic rings. The van der Waals surface area contributed by atoms with E-state index >= 15 is 0 Å². The van der Waals surface area contributed by atoms with Crippen LogP contribution >= 0.6 is 0 Å². The molecule has 130 valence electrons. The minimum Gasteiger partial charge on any atom is -0.507 e. The number of carbonyl (C=O) groups excluding carboxylic acids is 2. The summed E-state index contributed by atoms with van der Waals surface area (Å²) in [5, 5.41) is 10.1. The van der Waals surface area contributed by atoms with Crippen LogP contribution in [0.25, 0.3) is 6.08 Å². The lowest BCUT2D eigenvalue weighted by Gasteiger charge is -2.20. The first kappa shape index (κ1) is 18.5. The zero-order chi connectivity index (χ0) is 18.6. The van der Waals surface area contributed by atoms with E-state index in [-0.39, 0.29) is 16.9 Å². The fourth-order valence-corrected chi connectivity index (χ4v) is 2.24. The summed E-state index contributed by atoms with van der Waals surface area (Å²) in [5.41, 5.74) is 0.727. The zero-order valence-corrected chi connectivity index (χ0v) is 14.9. The van der Waals surface area contributed by atoms with Crippen molar-refractivity contribution < 1.29 is 19.4 Å². The minimum atomic E-state index is -0.734. The second kappa shape index (κ2) is 7.34. The van der Waals surface area contributed by atoms with E-state index < -0.39 is 17.4 Å². The van der Waals surface area contributed by atoms with E-state index in [2.05, 4.69) is 0 Å². The van der Waals surface area contributed by atoms with Crippen LogP contribution < -0.4 is 0 Å². The van der Waals surface area contributed by atoms with Gasteiger partial charge >= 0.3 is 5.97 Å². The van der Waals surface area contributed by atoms with Gasteiger partial charge in [-0.2, -0.15) is 0 Å². The van der Waals surface area contributed by atoms with Crippen LogP contribution in [-0.4, -0.2) is 22.5 Å². The number of phenolic OH excluding ortho intramolecular Hbond substituents is 1. The van der Waals surface area contributed by atoms with E-state index in [1.54, 1.807) is 39.0 Å². The highest BCUT2D eigenvalue weighted by Crippen LogP contribution is 2.24. The number of hydrogen-bond acceptors (Lipinski definition) is 4. The molecule has 0 amide bonds. The number of ether oxygens (including phenoxy) is 1. The van der Waals surface area contributed by atoms with Crippen LogP contribution in [0.2, 0.25) is 0 Å². The highest BCUT2D eigenvalue weighted by molar-refractivity contribution is 6.27. The number of Topliss-reactive ketones (excluding diaryl/α,β-unsaturated/α-hetero) is 1. The molecule has 0 aliphatic heterocycles. The van der Waals surface area contributed by atoms with Gasteiger partial charge in [0, 0.05) is 0 Å². The second-order valence-electron chi connectivity index (χ2n) is 6.82. The van der Waals surface area contributed by atoms with Gasteiger partial charge in [0.15, 0.2) is 0 Å². The number of ketones is 1. The summed E-state index contributed by atoms with van der Waals surface area (Å²) in [6, 6.07) is 13.7. The molecule has 0 aromatic heterocycles. The summed E-state index contributed by atoms with van der Waals surface area (Å²) in [5.74, 6) is -1.45. The molecule has 0 spiro atoms. The van der Waals surface area contributed by atoms with Gasteiger partial charge in [0.2, 0.25) is 5.78 Å². The van der Waals surface area contributed by atoms with Crippen molar-refractivity contribution in [2.24, 2.45) is 0 Å². The van der Waals surface area contributed by atoms with Crippen molar-refractivity contribution in [3.63, 3.8) is 0 Å². The quantitative estimate of drug-likeness (QED) is 0.297. The molecule has 25 heavy (non-hydrogen) atoms. The highest BCUT2D eigenvalue weighted by Gasteiger charge is 2.27. The number of aromatic hydroxyl groups is 1. The van der Waals surface area contributed by atoms with E-state index in [0.29, 0.717) is 5.56 Å². The maximum atomic E-state index is 12.9. The van der Waals surface area contributed by atoms with Gasteiger partial charge in [-0.1, -0.05) is 36.4 Å². The Kier molecular flexibility index (Phi) is 5.42. The molecular weight excluding hydrogens is 316 g/mol. The Balaban J connectivity index is 2.49. The van der Waals surface area contributed by atoms with Crippen LogP contribution in [0.4, 0.5) is 0 Å². The molecule has 0 saturated carbocycles. The van der Waals surface area contributed by atoms with E-state index in [0.717, 1.165) is 5.56 Å². The van der Waals surface area contributed by atoms with Crippen LogP contribution in [0.15, 0.2) is 54.1 Å². The van der Waals surface area contributed by atoms with E-state index in [9.17, 15) is 14.7 Å². The Bertz CT molecular complexity index is 812. The van der Waals surface area contributed by atoms with Crippen LogP contribution in [0.5, 0.6) is 5.75 Å². The first-order valence-electron chi connectivity index (χ1n) is 8.02. The molecule has 0 bridgehead atoms. The van der Waals surface area contributed by atoms with Crippen LogP contribution in [0, 0.1) is 6.92 Å². The van der Waals surface area contributed by atoms with Crippen molar-refractivity contribution >= 4 is 17.8 Å². The maximum Gasteiger partial charge on any atom is 0.342 e. The third-order valence-electron chi connectivity index (χ3n) is 3.37. The molecule has 0 heterocycles. The molecule has 0 unspecified atom stereocenters. The first-order valence-corrected chi connectivity index (χ1v) is 8.02. The number of aryl methyl sites for hydroxylation is 1. The van der Waals surface area contributed by atoms with Crippen LogP contribution in [-0.2, 0) is 9.53 Å². The van der Waals surface area contributed by atoms with Crippen LogP contribution in [0.3, 0.4) is 0 Å². The van der Waals surface area contributed by atoms with Gasteiger partial charge in [0.25, 0.3) is 0 Å². The molecule has 4 heteroatoms. The lowest BCUT2D eigenvalue weighted by molar-refractivity contribution is -0.149. The van der Waals surface area contributed by atoms with Gasteiger partial charge in [0.1, 0.15) is 16.9 Å². The third-order valence-corrected chi connectivity index (χ3v) is 3.37. The summed E-state index contributed by atoms with van der Waals surface area (Å²) in [4.78, 5) is 25.4. The van der Waals surface area contributed by atoms with Crippen molar-refractivity contribution in [2.45, 2.75) is 33.3 Å². The third kappa shape index (κ3) is 5.05. The van der Waals surface area contributed by atoms with Gasteiger partial charge in [-0.3, -0.25) is 4.79 Å². The van der Waals surface area contributed by atoms with Crippen molar-refractivity contribution in [1.29, 1.82) is 0 Å². The average molecular weight is 338 g/mol. The molecule has 0 saturated heterocycles. The first-order chi connectivity index (χ1) is 11.7. The van der Waals surface area contributed by atoms with Gasteiger partial charge in [0.05, 0.1) is 5.56 Å². The van der Waals surface area contributed by atoms with E-state index in [1.165, 1.54) is 18.2 Å². The topological polar surface area (TPSA) is 63.6 Å². The smallest absolute Gasteiger partial charge is 0.342 e. The summed E-state index contributed by atoms with van der Waals surface area (Å²) in [6.07, 6.45) is 1.48. The molecule has 0 aliphatic carbocycles. The number of hydrogen-bond donors (Lipinski definition) is 1. The monoisotopic (exact) mass is 338 g/mol. The van der Waals surface area contributed by atoms with Gasteiger partial charge in [-0.25, -0.2) is 4.79 Å². The Morgan fingerprint density at radius 1 is 1.04 bits per heavy atom. The Morgan fingerprint density at radius 2 is 1.68 bits per heavy atom. The van der Waals surface area contributed by atoms with Crippen molar-refractivity contribution in [1.82, 2.24) is 0 Å². The highest BCUT2D eigenvalue weighted by atomic mass is 16.6. The molecule has 0 atom stereocenters. The predicted molar refractivity (Wildman–Crippen MR) is 97.4 cm³/mol. The SMILES string of the molecule is Cc1ccc(C(=O)/C(=C\c2ccccc2)C(=O)OC(C)(C)C)c(O)c1. The summed E-state index contributed by atoms with van der Waals surface area (Å²) < 4.78 is 5.37. The normalized spacial score (nSPS) is 11.9. The molecule has 2 rings (SSSR count). The molecule has 1 N–H and O–H groups in total. The molecule has 0 fully saturated rings. The Morgan fingerprint density at radius 3 is 2.24 bits per heavy atom. The summed E-state index contributed by atoms with van der Waals surface area (Å²) in [7, 11) is 0. The maximum absolute atomic E-state index is 12.9. The van der Waals surface area contributed by atoms with Crippen molar-refractivity contribution in [3.05, 3.63) is 70.8 Å². The van der Waals surface area contributed by atoms with Gasteiger partial charge < -0.3 is 9.84 Å². The van der Waals surface area contributed by atoms with E-state index in [4.69, 9.17) is 4.74 Å². The largest absolute Gasteiger partial charge is 0.507 e. The van der Waals surface area contributed by atoms with Crippen LogP contribution in [0.1, 0.15) is 42.3 Å². The summed E-state index contributed by atoms with van der Waals surface area (Å²) >= 11 is 0. The molecule has 2 aromatic rings. The minimum absolute atomic E-state index is 0.0682. The average Bonchev–Trinajstić information content (AvgIpc) is 2.51. The molecule has 2 aromatic carbocycles. The fourth-order valence-electron chi connectivity index (χ4n) is 2.24. The zero-order valence-electron chi connectivity index (χ0n) is 14.9. The number of rotatable bonds is 4. The molecular formula is C21H22O4. The Labute approximate surface area is 147 Å². The lowest BCUT2D eigenvalue weighted by atomic mass is 9.99. The Hall–Kier alpha value is -2.88. The number of benzene rings is 2. The fraction of sp³-hybridized carbons (Fsp3) is 0.238. The standard InChI is InChI=1S/C21H22O4/c1-14-10-11-16(18(22)12-14)19(23)17(20(24)25-21(2,3)4)13-15-8-6-5-7-9-15/h5-13,22H,1-4H3/b17-13+. The van der Waals surface area contributed by atoms with Crippen molar-refractivity contribution in [2.75, 3.05) is 0 Å². The molecule has 4 nitrogen and oxygen atoms in total.